The number of benzene rings is 2. The molecule has 0 saturated carbocycles. The molecule has 132 valence electrons. The molecule has 0 spiro atoms. The zero-order valence-corrected chi connectivity index (χ0v) is 14.5. The highest BCUT2D eigenvalue weighted by Crippen LogP contribution is 2.31. The summed E-state index contributed by atoms with van der Waals surface area (Å²) < 4.78 is 14.1. The summed E-state index contributed by atoms with van der Waals surface area (Å²) in [6.45, 7) is 3.17. The maximum atomic E-state index is 14.1. The summed E-state index contributed by atoms with van der Waals surface area (Å²) in [5, 5.41) is 7.08. The Morgan fingerprint density at radius 1 is 1.27 bits per heavy atom. The molecule has 3 N–H and O–H groups in total. The fourth-order valence-corrected chi connectivity index (χ4v) is 3.36. The first kappa shape index (κ1) is 16.5. The number of halogens is 1. The van der Waals surface area contributed by atoms with Gasteiger partial charge in [0.1, 0.15) is 11.9 Å². The summed E-state index contributed by atoms with van der Waals surface area (Å²) in [5.74, 6) is -0.275. The van der Waals surface area contributed by atoms with Crippen LogP contribution in [0.25, 0.3) is 22.2 Å². The van der Waals surface area contributed by atoms with Crippen molar-refractivity contribution in [1.82, 2.24) is 15.6 Å². The van der Waals surface area contributed by atoms with Gasteiger partial charge in [-0.2, -0.15) is 0 Å². The number of H-pyrrole nitrogens is 1. The Kier molecular flexibility index (Phi) is 4.31. The Hall–Kier alpha value is -2.92. The Morgan fingerprint density at radius 3 is 2.88 bits per heavy atom. The molecular weight excluding hydrogens is 329 g/mol. The van der Waals surface area contributed by atoms with E-state index in [0.717, 1.165) is 34.3 Å². The highest BCUT2D eigenvalue weighted by atomic mass is 19.1. The van der Waals surface area contributed by atoms with Crippen LogP contribution in [0.5, 0.6) is 0 Å². The van der Waals surface area contributed by atoms with Gasteiger partial charge < -0.3 is 10.3 Å². The molecule has 1 amide bonds. The normalized spacial score (nSPS) is 16.3. The SMILES string of the molecule is Cc1c(-c2ccccc2F)[nH]c2ccc(CNC(=O)C3C=CCN3)cc12. The Bertz CT molecular complexity index is 1010. The molecular formula is C21H20FN3O. The highest BCUT2D eigenvalue weighted by molar-refractivity contribution is 5.91. The van der Waals surface area contributed by atoms with E-state index in [1.165, 1.54) is 6.07 Å². The van der Waals surface area contributed by atoms with Crippen molar-refractivity contribution in [2.45, 2.75) is 19.5 Å². The van der Waals surface area contributed by atoms with Crippen LogP contribution >= 0.6 is 0 Å². The van der Waals surface area contributed by atoms with Gasteiger partial charge in [-0.15, -0.1) is 0 Å². The quantitative estimate of drug-likeness (QED) is 0.632. The van der Waals surface area contributed by atoms with Gasteiger partial charge >= 0.3 is 0 Å². The fraction of sp³-hybridized carbons (Fsp3) is 0.190. The van der Waals surface area contributed by atoms with Gasteiger partial charge in [0, 0.05) is 29.6 Å². The summed E-state index contributed by atoms with van der Waals surface area (Å²) in [6.07, 6.45) is 3.82. The van der Waals surface area contributed by atoms with Crippen molar-refractivity contribution in [1.29, 1.82) is 0 Å². The molecule has 0 fully saturated rings. The minimum Gasteiger partial charge on any atom is -0.354 e. The van der Waals surface area contributed by atoms with Crippen LogP contribution in [0.15, 0.2) is 54.6 Å². The van der Waals surface area contributed by atoms with Crippen molar-refractivity contribution < 1.29 is 9.18 Å². The van der Waals surface area contributed by atoms with Gasteiger partial charge in [0.2, 0.25) is 5.91 Å². The average Bonchev–Trinajstić information content (AvgIpc) is 3.29. The van der Waals surface area contributed by atoms with Gasteiger partial charge in [0.15, 0.2) is 0 Å². The topological polar surface area (TPSA) is 56.9 Å². The summed E-state index contributed by atoms with van der Waals surface area (Å²) in [4.78, 5) is 15.4. The molecule has 2 heterocycles. The van der Waals surface area contributed by atoms with E-state index in [2.05, 4.69) is 15.6 Å². The second-order valence-corrected chi connectivity index (χ2v) is 6.52. The molecule has 1 aliphatic heterocycles. The number of rotatable bonds is 4. The van der Waals surface area contributed by atoms with Crippen LogP contribution in [0.4, 0.5) is 4.39 Å². The van der Waals surface area contributed by atoms with E-state index < -0.39 is 0 Å². The third-order valence-electron chi connectivity index (χ3n) is 4.80. The standard InChI is InChI=1S/C21H20FN3O/c1-13-16-11-14(12-24-21(26)19-7-4-10-23-19)8-9-18(16)25-20(13)15-5-2-3-6-17(15)22/h2-9,11,19,23,25H,10,12H2,1H3,(H,24,26). The lowest BCUT2D eigenvalue weighted by molar-refractivity contribution is -0.122. The van der Waals surface area contributed by atoms with E-state index in [9.17, 15) is 9.18 Å². The van der Waals surface area contributed by atoms with Crippen molar-refractivity contribution in [3.05, 3.63) is 71.6 Å². The van der Waals surface area contributed by atoms with E-state index in [-0.39, 0.29) is 17.8 Å². The lowest BCUT2D eigenvalue weighted by atomic mass is 10.0. The second-order valence-electron chi connectivity index (χ2n) is 6.52. The number of fused-ring (bicyclic) bond motifs is 1. The molecule has 5 heteroatoms. The lowest BCUT2D eigenvalue weighted by Crippen LogP contribution is -2.40. The number of nitrogens with one attached hydrogen (secondary N) is 3. The maximum absolute atomic E-state index is 14.1. The first-order chi connectivity index (χ1) is 12.6. The van der Waals surface area contributed by atoms with E-state index in [0.29, 0.717) is 12.1 Å². The van der Waals surface area contributed by atoms with Crippen LogP contribution in [0.1, 0.15) is 11.1 Å². The molecule has 1 aromatic heterocycles. The van der Waals surface area contributed by atoms with Crippen LogP contribution in [0.2, 0.25) is 0 Å². The molecule has 3 aromatic rings. The van der Waals surface area contributed by atoms with Crippen molar-refractivity contribution >= 4 is 16.8 Å². The van der Waals surface area contributed by atoms with Crippen LogP contribution in [-0.2, 0) is 11.3 Å². The number of carbonyl (C=O) groups excluding carboxylic acids is 1. The monoisotopic (exact) mass is 349 g/mol. The van der Waals surface area contributed by atoms with Crippen LogP contribution in [0.3, 0.4) is 0 Å². The minimum atomic E-state index is -0.250. The summed E-state index contributed by atoms with van der Waals surface area (Å²) >= 11 is 0. The van der Waals surface area contributed by atoms with Crippen molar-refractivity contribution in [2.24, 2.45) is 0 Å². The van der Waals surface area contributed by atoms with Gasteiger partial charge in [-0.05, 0) is 42.3 Å². The molecule has 2 aromatic carbocycles. The third kappa shape index (κ3) is 3.02. The van der Waals surface area contributed by atoms with Crippen molar-refractivity contribution in [2.75, 3.05) is 6.54 Å². The largest absolute Gasteiger partial charge is 0.354 e. The molecule has 1 atom stereocenters. The molecule has 4 nitrogen and oxygen atoms in total. The third-order valence-corrected chi connectivity index (χ3v) is 4.80. The predicted octanol–water partition coefficient (Wildman–Crippen LogP) is 3.43. The molecule has 0 aliphatic carbocycles. The molecule has 1 aliphatic rings. The molecule has 4 rings (SSSR count). The van der Waals surface area contributed by atoms with E-state index >= 15 is 0 Å². The molecule has 0 radical (unpaired) electrons. The minimum absolute atomic E-state index is 0.0308. The molecule has 0 saturated heterocycles. The maximum Gasteiger partial charge on any atom is 0.241 e. The first-order valence-electron chi connectivity index (χ1n) is 8.67. The van der Waals surface area contributed by atoms with E-state index in [1.54, 1.807) is 12.1 Å². The van der Waals surface area contributed by atoms with Gasteiger partial charge in [0.25, 0.3) is 0 Å². The smallest absolute Gasteiger partial charge is 0.241 e. The van der Waals surface area contributed by atoms with Gasteiger partial charge in [-0.1, -0.05) is 30.4 Å². The zero-order chi connectivity index (χ0) is 18.1. The number of carbonyl (C=O) groups is 1. The summed E-state index contributed by atoms with van der Waals surface area (Å²) in [7, 11) is 0. The lowest BCUT2D eigenvalue weighted by Gasteiger charge is -2.10. The van der Waals surface area contributed by atoms with Crippen LogP contribution < -0.4 is 10.6 Å². The van der Waals surface area contributed by atoms with E-state index in [1.807, 2.05) is 43.3 Å². The number of hydrogen-bond donors (Lipinski definition) is 3. The number of amides is 1. The molecule has 1 unspecified atom stereocenters. The van der Waals surface area contributed by atoms with Crippen molar-refractivity contribution in [3.63, 3.8) is 0 Å². The molecule has 26 heavy (non-hydrogen) atoms. The Balaban J connectivity index is 1.59. The van der Waals surface area contributed by atoms with Gasteiger partial charge in [-0.25, -0.2) is 4.39 Å². The summed E-state index contributed by atoms with van der Waals surface area (Å²) in [5.41, 5.74) is 4.32. The fourth-order valence-electron chi connectivity index (χ4n) is 3.36. The van der Waals surface area contributed by atoms with Crippen LogP contribution in [0, 0.1) is 12.7 Å². The number of aromatic amines is 1. The predicted molar refractivity (Wildman–Crippen MR) is 101 cm³/mol. The second kappa shape index (κ2) is 6.77. The number of aromatic nitrogens is 1. The average molecular weight is 349 g/mol. The first-order valence-corrected chi connectivity index (χ1v) is 8.67. The number of hydrogen-bond acceptors (Lipinski definition) is 2. The Labute approximate surface area is 151 Å². The highest BCUT2D eigenvalue weighted by Gasteiger charge is 2.17. The number of aryl methyl sites for hydroxylation is 1. The van der Waals surface area contributed by atoms with Gasteiger partial charge in [-0.3, -0.25) is 10.1 Å². The van der Waals surface area contributed by atoms with E-state index in [4.69, 9.17) is 0 Å². The van der Waals surface area contributed by atoms with Crippen molar-refractivity contribution in [3.8, 4) is 11.3 Å². The molecule has 0 bridgehead atoms. The zero-order valence-electron chi connectivity index (χ0n) is 14.5. The summed E-state index contributed by atoms with van der Waals surface area (Å²) in [6, 6.07) is 12.5. The van der Waals surface area contributed by atoms with Gasteiger partial charge in [0.05, 0.1) is 5.69 Å². The van der Waals surface area contributed by atoms with Crippen LogP contribution in [-0.4, -0.2) is 23.5 Å². The Morgan fingerprint density at radius 2 is 2.12 bits per heavy atom.